The van der Waals surface area contributed by atoms with Crippen molar-refractivity contribution in [3.63, 3.8) is 0 Å². The molecule has 2 aliphatic rings. The first-order valence-electron chi connectivity index (χ1n) is 12.3. The van der Waals surface area contributed by atoms with Crippen LogP contribution in [0.5, 0.6) is 0 Å². The van der Waals surface area contributed by atoms with Gasteiger partial charge in [-0.2, -0.15) is 0 Å². The minimum absolute atomic E-state index is 0.0592. The normalized spacial score (nSPS) is 18.7. The van der Waals surface area contributed by atoms with Gasteiger partial charge < -0.3 is 28.6 Å². The van der Waals surface area contributed by atoms with E-state index in [9.17, 15) is 9.59 Å². The summed E-state index contributed by atoms with van der Waals surface area (Å²) in [7, 11) is 1.71. The Bertz CT molecular complexity index is 1060. The van der Waals surface area contributed by atoms with Crippen LogP contribution < -0.4 is 0 Å². The number of benzene rings is 1. The van der Waals surface area contributed by atoms with Gasteiger partial charge in [-0.15, -0.1) is 0 Å². The van der Waals surface area contributed by atoms with Crippen LogP contribution in [0.1, 0.15) is 45.6 Å². The molecule has 0 spiro atoms. The number of methoxy groups -OCH3 is 1. The summed E-state index contributed by atoms with van der Waals surface area (Å²) in [6.07, 6.45) is 3.96. The number of para-hydroxylation sites is 1. The van der Waals surface area contributed by atoms with E-state index in [1.54, 1.807) is 12.0 Å². The highest BCUT2D eigenvalue weighted by molar-refractivity contribution is 9.10. The molecule has 1 saturated carbocycles. The van der Waals surface area contributed by atoms with E-state index < -0.39 is 17.8 Å². The molecule has 2 aromatic rings. The zero-order valence-electron chi connectivity index (χ0n) is 21.1. The number of ether oxygens (including phenoxy) is 3. The molecule has 35 heavy (non-hydrogen) atoms. The maximum absolute atomic E-state index is 13.6. The van der Waals surface area contributed by atoms with E-state index in [0.29, 0.717) is 26.3 Å². The van der Waals surface area contributed by atoms with Gasteiger partial charge >= 0.3 is 6.09 Å². The minimum Gasteiger partial charge on any atom is -0.444 e. The summed E-state index contributed by atoms with van der Waals surface area (Å²) in [6, 6.07) is 6.40. The van der Waals surface area contributed by atoms with E-state index in [-0.39, 0.29) is 18.5 Å². The van der Waals surface area contributed by atoms with Crippen LogP contribution in [-0.4, -0.2) is 77.5 Å². The van der Waals surface area contributed by atoms with Gasteiger partial charge in [0.2, 0.25) is 0 Å². The van der Waals surface area contributed by atoms with Crippen LogP contribution in [0.4, 0.5) is 4.79 Å². The molecule has 192 valence electrons. The van der Waals surface area contributed by atoms with Crippen molar-refractivity contribution in [2.24, 2.45) is 0 Å². The summed E-state index contributed by atoms with van der Waals surface area (Å²) in [6.45, 7) is 8.51. The monoisotopic (exact) mass is 549 g/mol. The molecule has 8 nitrogen and oxygen atoms in total. The van der Waals surface area contributed by atoms with Crippen LogP contribution >= 0.6 is 15.9 Å². The van der Waals surface area contributed by atoms with Crippen molar-refractivity contribution in [3.8, 4) is 0 Å². The minimum atomic E-state index is -0.682. The molecular weight excluding hydrogens is 514 g/mol. The molecule has 0 unspecified atom stereocenters. The molecule has 0 bridgehead atoms. The average Bonchev–Trinajstić information content (AvgIpc) is 3.59. The molecule has 1 aliphatic heterocycles. The van der Waals surface area contributed by atoms with E-state index in [4.69, 9.17) is 14.2 Å². The summed E-state index contributed by atoms with van der Waals surface area (Å²) in [4.78, 5) is 29.8. The molecule has 2 heterocycles. The lowest BCUT2D eigenvalue weighted by atomic mass is 10.1. The van der Waals surface area contributed by atoms with Gasteiger partial charge in [0.1, 0.15) is 5.60 Å². The van der Waals surface area contributed by atoms with Crippen molar-refractivity contribution in [1.29, 1.82) is 0 Å². The van der Waals surface area contributed by atoms with E-state index in [0.717, 1.165) is 46.7 Å². The molecule has 0 radical (unpaired) electrons. The Morgan fingerprint density at radius 2 is 2.03 bits per heavy atom. The molecular formula is C26H36BrN3O5. The Balaban J connectivity index is 1.52. The van der Waals surface area contributed by atoms with Gasteiger partial charge in [0.05, 0.1) is 18.7 Å². The van der Waals surface area contributed by atoms with Gasteiger partial charge in [-0.05, 0) is 67.6 Å². The van der Waals surface area contributed by atoms with E-state index in [2.05, 4.69) is 32.8 Å². The molecule has 2 fully saturated rings. The number of hydrogen-bond donors (Lipinski definition) is 0. The molecule has 0 N–H and O–H groups in total. The van der Waals surface area contributed by atoms with Crippen molar-refractivity contribution in [2.75, 3.05) is 33.4 Å². The smallest absolute Gasteiger partial charge is 0.410 e. The second-order valence-corrected chi connectivity index (χ2v) is 11.2. The third kappa shape index (κ3) is 6.37. The Labute approximate surface area is 215 Å². The Kier molecular flexibility index (Phi) is 8.08. The SMILES string of the molecule is COCCCn1cc(CN(C(=O)[C@H]2CN(C(=O)OC(C)(C)C)CCO2)C2CC2)c2cccc(Br)c21. The number of nitrogens with zero attached hydrogens (tertiary/aromatic N) is 3. The molecule has 9 heteroatoms. The van der Waals surface area contributed by atoms with Crippen LogP contribution in [0, 0.1) is 0 Å². The van der Waals surface area contributed by atoms with Crippen LogP contribution in [0.2, 0.25) is 0 Å². The zero-order chi connectivity index (χ0) is 25.2. The number of morpholine rings is 1. The summed E-state index contributed by atoms with van der Waals surface area (Å²) in [5.41, 5.74) is 1.66. The maximum atomic E-state index is 13.6. The van der Waals surface area contributed by atoms with Crippen LogP contribution in [0.25, 0.3) is 10.9 Å². The lowest BCUT2D eigenvalue weighted by molar-refractivity contribution is -0.150. The molecule has 4 rings (SSSR count). The van der Waals surface area contributed by atoms with Gasteiger partial charge in [0.15, 0.2) is 6.10 Å². The number of aromatic nitrogens is 1. The predicted molar refractivity (Wildman–Crippen MR) is 137 cm³/mol. The Morgan fingerprint density at radius 1 is 1.26 bits per heavy atom. The van der Waals surface area contributed by atoms with E-state index >= 15 is 0 Å². The van der Waals surface area contributed by atoms with E-state index in [1.165, 1.54) is 0 Å². The zero-order valence-corrected chi connectivity index (χ0v) is 22.7. The Hall–Kier alpha value is -2.10. The fourth-order valence-corrected chi connectivity index (χ4v) is 5.10. The van der Waals surface area contributed by atoms with Crippen molar-refractivity contribution in [1.82, 2.24) is 14.4 Å². The van der Waals surface area contributed by atoms with Gasteiger partial charge in [-0.1, -0.05) is 12.1 Å². The average molecular weight is 550 g/mol. The summed E-state index contributed by atoms with van der Waals surface area (Å²) in [5.74, 6) is -0.0592. The van der Waals surface area contributed by atoms with Crippen LogP contribution in [0.15, 0.2) is 28.9 Å². The lowest BCUT2D eigenvalue weighted by Crippen LogP contribution is -2.53. The first kappa shape index (κ1) is 26.0. The second-order valence-electron chi connectivity index (χ2n) is 10.3. The first-order valence-corrected chi connectivity index (χ1v) is 13.1. The number of carbonyl (C=O) groups is 2. The van der Waals surface area contributed by atoms with E-state index in [1.807, 2.05) is 37.8 Å². The van der Waals surface area contributed by atoms with Crippen LogP contribution in [-0.2, 0) is 32.1 Å². The maximum Gasteiger partial charge on any atom is 0.410 e. The topological polar surface area (TPSA) is 73.2 Å². The fraction of sp³-hybridized carbons (Fsp3) is 0.615. The third-order valence-electron chi connectivity index (χ3n) is 6.28. The third-order valence-corrected chi connectivity index (χ3v) is 6.92. The van der Waals surface area contributed by atoms with Crippen molar-refractivity contribution >= 4 is 38.8 Å². The largest absolute Gasteiger partial charge is 0.444 e. The predicted octanol–water partition coefficient (Wildman–Crippen LogP) is 4.57. The highest BCUT2D eigenvalue weighted by Gasteiger charge is 2.39. The molecule has 1 aromatic carbocycles. The first-order chi connectivity index (χ1) is 16.7. The number of halogens is 1. The van der Waals surface area contributed by atoms with Crippen molar-refractivity contribution in [3.05, 3.63) is 34.4 Å². The lowest BCUT2D eigenvalue weighted by Gasteiger charge is -2.35. The molecule has 2 amide bonds. The molecule has 1 atom stereocenters. The fourth-order valence-electron chi connectivity index (χ4n) is 4.50. The summed E-state index contributed by atoms with van der Waals surface area (Å²) >= 11 is 3.71. The summed E-state index contributed by atoms with van der Waals surface area (Å²) in [5, 5.41) is 1.13. The van der Waals surface area contributed by atoms with Crippen molar-refractivity contribution < 1.29 is 23.8 Å². The highest BCUT2D eigenvalue weighted by atomic mass is 79.9. The van der Waals surface area contributed by atoms with Crippen LogP contribution in [0.3, 0.4) is 0 Å². The van der Waals surface area contributed by atoms with Gasteiger partial charge in [-0.3, -0.25) is 4.79 Å². The standard InChI is InChI=1S/C26H36BrN3O5/c1-26(2,3)35-25(32)29-12-14-34-22(17-29)24(31)30(19-9-10-19)16-18-15-28(11-6-13-33-4)23-20(18)7-5-8-21(23)27/h5,7-8,15,19,22H,6,9-14,16-17H2,1-4H3/t22-/m1/s1. The number of fused-ring (bicyclic) bond motifs is 1. The van der Waals surface area contributed by atoms with Gasteiger partial charge in [0.25, 0.3) is 5.91 Å². The molecule has 1 aromatic heterocycles. The van der Waals surface area contributed by atoms with Gasteiger partial charge in [-0.25, -0.2) is 4.79 Å². The number of carbonyl (C=O) groups excluding carboxylic acids is 2. The quantitative estimate of drug-likeness (QED) is 0.451. The number of rotatable bonds is 8. The Morgan fingerprint density at radius 3 is 2.71 bits per heavy atom. The summed E-state index contributed by atoms with van der Waals surface area (Å²) < 4.78 is 19.9. The number of aryl methyl sites for hydroxylation is 1. The second kappa shape index (κ2) is 10.9. The van der Waals surface area contributed by atoms with Crippen molar-refractivity contribution in [2.45, 2.75) is 70.9 Å². The number of amides is 2. The number of hydrogen-bond acceptors (Lipinski definition) is 5. The van der Waals surface area contributed by atoms with Gasteiger partial charge in [0, 0.05) is 55.4 Å². The molecule has 1 aliphatic carbocycles. The highest BCUT2D eigenvalue weighted by Crippen LogP contribution is 2.34. The molecule has 1 saturated heterocycles.